The van der Waals surface area contributed by atoms with E-state index >= 15 is 0 Å². The van der Waals surface area contributed by atoms with Gasteiger partial charge in [0.15, 0.2) is 5.11 Å². The lowest BCUT2D eigenvalue weighted by Gasteiger charge is -2.10. The Bertz CT molecular complexity index is 183. The summed E-state index contributed by atoms with van der Waals surface area (Å²) in [6.45, 7) is 3.08. The first-order chi connectivity index (χ1) is 6.95. The number of halogens is 3. The minimum Gasteiger partial charge on any atom is -0.363 e. The first-order valence-corrected chi connectivity index (χ1v) is 5.45. The number of unbranched alkanes of at least 4 members (excludes halogenated alkanes) is 1. The van der Waals surface area contributed by atoms with Crippen LogP contribution in [0.25, 0.3) is 0 Å². The van der Waals surface area contributed by atoms with E-state index in [4.69, 9.17) is 12.2 Å². The van der Waals surface area contributed by atoms with Crippen molar-refractivity contribution in [2.45, 2.75) is 38.8 Å². The molecule has 15 heavy (non-hydrogen) atoms. The SMILES string of the molecule is CCCCNC(=S)NCCCC(F)(F)F. The van der Waals surface area contributed by atoms with Crippen LogP contribution in [0.4, 0.5) is 13.2 Å². The summed E-state index contributed by atoms with van der Waals surface area (Å²) in [5, 5.41) is 6.09. The van der Waals surface area contributed by atoms with Crippen LogP contribution in [0.5, 0.6) is 0 Å². The van der Waals surface area contributed by atoms with Gasteiger partial charge in [-0.3, -0.25) is 0 Å². The fraction of sp³-hybridized carbons (Fsp3) is 0.889. The molecule has 0 saturated heterocycles. The van der Waals surface area contributed by atoms with Crippen molar-refractivity contribution in [3.05, 3.63) is 0 Å². The molecule has 0 aromatic rings. The molecule has 2 nitrogen and oxygen atoms in total. The molecular formula is C9H17F3N2S. The Labute approximate surface area is 93.6 Å². The van der Waals surface area contributed by atoms with Crippen LogP contribution in [0.3, 0.4) is 0 Å². The van der Waals surface area contributed by atoms with E-state index in [9.17, 15) is 13.2 Å². The predicted octanol–water partition coefficient (Wildman–Crippen LogP) is 2.59. The molecule has 90 valence electrons. The van der Waals surface area contributed by atoms with Gasteiger partial charge in [-0.15, -0.1) is 0 Å². The maximum atomic E-state index is 11.8. The van der Waals surface area contributed by atoms with Gasteiger partial charge in [0, 0.05) is 19.5 Å². The quantitative estimate of drug-likeness (QED) is 0.553. The molecule has 0 atom stereocenters. The fourth-order valence-electron chi connectivity index (χ4n) is 0.932. The predicted molar refractivity (Wildman–Crippen MR) is 58.8 cm³/mol. The third-order valence-electron chi connectivity index (χ3n) is 1.74. The average molecular weight is 242 g/mol. The second kappa shape index (κ2) is 7.73. The number of hydrogen-bond donors (Lipinski definition) is 2. The summed E-state index contributed by atoms with van der Waals surface area (Å²) < 4.78 is 35.3. The molecule has 0 aliphatic heterocycles. The Morgan fingerprint density at radius 2 is 1.67 bits per heavy atom. The van der Waals surface area contributed by atoms with Gasteiger partial charge in [0.05, 0.1) is 0 Å². The van der Waals surface area contributed by atoms with Crippen molar-refractivity contribution >= 4 is 17.3 Å². The van der Waals surface area contributed by atoms with Crippen LogP contribution in [0.15, 0.2) is 0 Å². The second-order valence-electron chi connectivity index (χ2n) is 3.25. The van der Waals surface area contributed by atoms with Gasteiger partial charge in [0.1, 0.15) is 0 Å². The molecule has 0 heterocycles. The van der Waals surface area contributed by atoms with E-state index in [0.717, 1.165) is 19.4 Å². The van der Waals surface area contributed by atoms with E-state index < -0.39 is 12.6 Å². The summed E-state index contributed by atoms with van der Waals surface area (Å²) >= 11 is 4.87. The average Bonchev–Trinajstić information content (AvgIpc) is 2.11. The van der Waals surface area contributed by atoms with Crippen molar-refractivity contribution in [1.29, 1.82) is 0 Å². The minimum atomic E-state index is -4.07. The zero-order valence-corrected chi connectivity index (χ0v) is 9.60. The Hall–Kier alpha value is -0.520. The van der Waals surface area contributed by atoms with E-state index in [1.807, 2.05) is 0 Å². The van der Waals surface area contributed by atoms with E-state index in [-0.39, 0.29) is 13.0 Å². The van der Waals surface area contributed by atoms with E-state index in [1.165, 1.54) is 0 Å². The summed E-state index contributed by atoms with van der Waals surface area (Å²) in [7, 11) is 0. The third-order valence-corrected chi connectivity index (χ3v) is 2.03. The Balaban J connectivity index is 3.32. The molecule has 0 aliphatic rings. The maximum Gasteiger partial charge on any atom is 0.389 e. The van der Waals surface area contributed by atoms with Crippen LogP contribution < -0.4 is 10.6 Å². The summed E-state index contributed by atoms with van der Waals surface area (Å²) in [6, 6.07) is 0. The van der Waals surface area contributed by atoms with Crippen molar-refractivity contribution < 1.29 is 13.2 Å². The van der Waals surface area contributed by atoms with E-state index in [0.29, 0.717) is 5.11 Å². The van der Waals surface area contributed by atoms with Gasteiger partial charge in [0.25, 0.3) is 0 Å². The molecule has 2 N–H and O–H groups in total. The minimum absolute atomic E-state index is 0.0547. The number of alkyl halides is 3. The van der Waals surface area contributed by atoms with Crippen LogP contribution in [-0.2, 0) is 0 Å². The van der Waals surface area contributed by atoms with Gasteiger partial charge in [0.2, 0.25) is 0 Å². The number of rotatable bonds is 6. The lowest BCUT2D eigenvalue weighted by atomic mass is 10.3. The van der Waals surface area contributed by atoms with Crippen molar-refractivity contribution in [3.8, 4) is 0 Å². The summed E-state index contributed by atoms with van der Waals surface area (Å²) in [5.74, 6) is 0. The topological polar surface area (TPSA) is 24.1 Å². The fourth-order valence-corrected chi connectivity index (χ4v) is 1.14. The largest absolute Gasteiger partial charge is 0.389 e. The first-order valence-electron chi connectivity index (χ1n) is 5.04. The highest BCUT2D eigenvalue weighted by molar-refractivity contribution is 7.80. The molecule has 6 heteroatoms. The highest BCUT2D eigenvalue weighted by Gasteiger charge is 2.25. The molecule has 0 rings (SSSR count). The van der Waals surface area contributed by atoms with Crippen LogP contribution in [0.1, 0.15) is 32.6 Å². The Morgan fingerprint density at radius 3 is 2.13 bits per heavy atom. The molecule has 0 aromatic heterocycles. The molecule has 0 fully saturated rings. The van der Waals surface area contributed by atoms with Gasteiger partial charge in [-0.05, 0) is 25.1 Å². The van der Waals surface area contributed by atoms with Crippen LogP contribution in [0.2, 0.25) is 0 Å². The highest BCUT2D eigenvalue weighted by Crippen LogP contribution is 2.20. The lowest BCUT2D eigenvalue weighted by molar-refractivity contribution is -0.135. The highest BCUT2D eigenvalue weighted by atomic mass is 32.1. The molecular weight excluding hydrogens is 225 g/mol. The van der Waals surface area contributed by atoms with E-state index in [1.54, 1.807) is 0 Å². The monoisotopic (exact) mass is 242 g/mol. The van der Waals surface area contributed by atoms with Crippen LogP contribution >= 0.6 is 12.2 Å². The Kier molecular flexibility index (Phi) is 7.46. The van der Waals surface area contributed by atoms with Crippen molar-refractivity contribution in [2.75, 3.05) is 13.1 Å². The molecule has 0 radical (unpaired) electrons. The molecule has 0 saturated carbocycles. The first kappa shape index (κ1) is 14.5. The van der Waals surface area contributed by atoms with Gasteiger partial charge < -0.3 is 10.6 Å². The lowest BCUT2D eigenvalue weighted by Crippen LogP contribution is -2.36. The van der Waals surface area contributed by atoms with Crippen molar-refractivity contribution in [1.82, 2.24) is 10.6 Å². The number of thiocarbonyl (C=S) groups is 1. The second-order valence-corrected chi connectivity index (χ2v) is 3.66. The smallest absolute Gasteiger partial charge is 0.363 e. The summed E-state index contributed by atoms with van der Waals surface area (Å²) in [5.41, 5.74) is 0. The molecule has 0 aromatic carbocycles. The summed E-state index contributed by atoms with van der Waals surface area (Å²) in [4.78, 5) is 0. The molecule has 0 amide bonds. The molecule has 0 bridgehead atoms. The van der Waals surface area contributed by atoms with Gasteiger partial charge in [-0.1, -0.05) is 13.3 Å². The van der Waals surface area contributed by atoms with Crippen LogP contribution in [0, 0.1) is 0 Å². The molecule has 0 unspecified atom stereocenters. The standard InChI is InChI=1S/C9H17F3N2S/c1-2-3-6-13-8(15)14-7-4-5-9(10,11)12/h2-7H2,1H3,(H2,13,14,15). The van der Waals surface area contributed by atoms with Crippen LogP contribution in [-0.4, -0.2) is 24.4 Å². The maximum absolute atomic E-state index is 11.8. The molecule has 0 aliphatic carbocycles. The van der Waals surface area contributed by atoms with Crippen molar-refractivity contribution in [3.63, 3.8) is 0 Å². The normalized spacial score (nSPS) is 11.2. The number of hydrogen-bond acceptors (Lipinski definition) is 1. The number of nitrogens with one attached hydrogen (secondary N) is 2. The van der Waals surface area contributed by atoms with Gasteiger partial charge >= 0.3 is 6.18 Å². The van der Waals surface area contributed by atoms with Gasteiger partial charge in [-0.25, -0.2) is 0 Å². The van der Waals surface area contributed by atoms with Gasteiger partial charge in [-0.2, -0.15) is 13.2 Å². The summed E-state index contributed by atoms with van der Waals surface area (Å²) in [6.07, 6.45) is -2.72. The zero-order chi connectivity index (χ0) is 11.7. The zero-order valence-electron chi connectivity index (χ0n) is 8.78. The van der Waals surface area contributed by atoms with Crippen molar-refractivity contribution in [2.24, 2.45) is 0 Å². The molecule has 0 spiro atoms. The Morgan fingerprint density at radius 1 is 1.13 bits per heavy atom. The van der Waals surface area contributed by atoms with E-state index in [2.05, 4.69) is 17.6 Å². The third kappa shape index (κ3) is 11.4.